The second kappa shape index (κ2) is 6.83. The van der Waals surface area contributed by atoms with Gasteiger partial charge in [-0.3, -0.25) is 0 Å². The van der Waals surface area contributed by atoms with Crippen molar-refractivity contribution >= 4 is 34.9 Å². The zero-order valence-electron chi connectivity index (χ0n) is 10.5. The highest BCUT2D eigenvalue weighted by atomic mass is 35.5. The first-order chi connectivity index (χ1) is 9.15. The van der Waals surface area contributed by atoms with Crippen molar-refractivity contribution in [2.75, 3.05) is 5.32 Å². The van der Waals surface area contributed by atoms with Gasteiger partial charge in [-0.1, -0.05) is 42.1 Å². The largest absolute Gasteiger partial charge is 0.323 e. The monoisotopic (exact) mass is 298 g/mol. The molecular weight excluding hydrogens is 283 g/mol. The Bertz CT molecular complexity index is 482. The molecule has 1 saturated carbocycles. The number of anilines is 1. The number of halogens is 2. The quantitative estimate of drug-likeness (QED) is 0.825. The molecule has 2 rings (SSSR count). The molecule has 0 atom stereocenters. The third-order valence-corrected chi connectivity index (χ3v) is 3.90. The number of amides is 2. The number of allylic oxidation sites excluding steroid dienone is 1. The molecule has 102 valence electrons. The lowest BCUT2D eigenvalue weighted by Gasteiger charge is -2.06. The fourth-order valence-corrected chi connectivity index (χ4v) is 2.45. The molecule has 0 spiro atoms. The number of hydrogen-bond donors (Lipinski definition) is 2. The molecule has 1 aliphatic carbocycles. The first-order valence-electron chi connectivity index (χ1n) is 6.34. The maximum Gasteiger partial charge on any atom is 0.323 e. The van der Waals surface area contributed by atoms with E-state index in [0.29, 0.717) is 21.7 Å². The number of benzene rings is 1. The molecule has 1 aliphatic rings. The SMILES string of the molecule is O=C(N/C=C/C1CCCC1)Nc1ccc(Cl)c(Cl)c1. The van der Waals surface area contributed by atoms with Gasteiger partial charge in [0.2, 0.25) is 0 Å². The molecule has 0 heterocycles. The summed E-state index contributed by atoms with van der Waals surface area (Å²) in [5.41, 5.74) is 0.612. The molecule has 1 aromatic rings. The molecule has 2 N–H and O–H groups in total. The zero-order chi connectivity index (χ0) is 13.7. The van der Waals surface area contributed by atoms with Gasteiger partial charge in [-0.25, -0.2) is 4.79 Å². The Morgan fingerprint density at radius 3 is 2.63 bits per heavy atom. The number of nitrogens with one attached hydrogen (secondary N) is 2. The number of carbonyl (C=O) groups excluding carboxylic acids is 1. The van der Waals surface area contributed by atoms with Crippen molar-refractivity contribution in [1.82, 2.24) is 5.32 Å². The van der Waals surface area contributed by atoms with E-state index in [1.807, 2.05) is 0 Å². The highest BCUT2D eigenvalue weighted by Gasteiger charge is 2.11. The van der Waals surface area contributed by atoms with Crippen LogP contribution in [0.15, 0.2) is 30.5 Å². The molecule has 19 heavy (non-hydrogen) atoms. The fraction of sp³-hybridized carbons (Fsp3) is 0.357. The van der Waals surface area contributed by atoms with Gasteiger partial charge < -0.3 is 10.6 Å². The summed E-state index contributed by atoms with van der Waals surface area (Å²) in [6, 6.07) is 4.68. The van der Waals surface area contributed by atoms with Gasteiger partial charge in [-0.05, 0) is 37.0 Å². The molecule has 2 amide bonds. The van der Waals surface area contributed by atoms with Gasteiger partial charge in [-0.15, -0.1) is 0 Å². The van der Waals surface area contributed by atoms with Gasteiger partial charge in [0, 0.05) is 11.9 Å². The second-order valence-corrected chi connectivity index (χ2v) is 5.45. The van der Waals surface area contributed by atoms with Crippen LogP contribution in [0.2, 0.25) is 10.0 Å². The zero-order valence-corrected chi connectivity index (χ0v) is 12.0. The van der Waals surface area contributed by atoms with Gasteiger partial charge in [-0.2, -0.15) is 0 Å². The Morgan fingerprint density at radius 2 is 1.95 bits per heavy atom. The minimum absolute atomic E-state index is 0.285. The van der Waals surface area contributed by atoms with E-state index < -0.39 is 0 Å². The van der Waals surface area contributed by atoms with Crippen molar-refractivity contribution in [3.63, 3.8) is 0 Å². The van der Waals surface area contributed by atoms with Gasteiger partial charge in [0.05, 0.1) is 10.0 Å². The number of carbonyl (C=O) groups is 1. The van der Waals surface area contributed by atoms with Crippen LogP contribution in [0.5, 0.6) is 0 Å². The minimum atomic E-state index is -0.285. The van der Waals surface area contributed by atoms with Crippen molar-refractivity contribution < 1.29 is 4.79 Å². The van der Waals surface area contributed by atoms with Crippen molar-refractivity contribution in [2.24, 2.45) is 5.92 Å². The molecular formula is C14H16Cl2N2O. The van der Waals surface area contributed by atoms with E-state index in [1.54, 1.807) is 24.4 Å². The van der Waals surface area contributed by atoms with Crippen LogP contribution in [0.25, 0.3) is 0 Å². The van der Waals surface area contributed by atoms with E-state index in [-0.39, 0.29) is 6.03 Å². The lowest BCUT2D eigenvalue weighted by atomic mass is 10.1. The lowest BCUT2D eigenvalue weighted by Crippen LogP contribution is -2.23. The van der Waals surface area contributed by atoms with Gasteiger partial charge >= 0.3 is 6.03 Å². The Hall–Kier alpha value is -1.19. The Balaban J connectivity index is 1.81. The smallest absolute Gasteiger partial charge is 0.315 e. The summed E-state index contributed by atoms with van der Waals surface area (Å²) in [4.78, 5) is 11.6. The lowest BCUT2D eigenvalue weighted by molar-refractivity contribution is 0.255. The van der Waals surface area contributed by atoms with E-state index in [1.165, 1.54) is 25.7 Å². The van der Waals surface area contributed by atoms with E-state index in [2.05, 4.69) is 16.7 Å². The minimum Gasteiger partial charge on any atom is -0.315 e. The number of rotatable bonds is 3. The standard InChI is InChI=1S/C14H16Cl2N2O/c15-12-6-5-11(9-13(12)16)18-14(19)17-8-7-10-3-1-2-4-10/h5-10H,1-4H2,(H2,17,18,19)/b8-7+. The summed E-state index contributed by atoms with van der Waals surface area (Å²) in [6.07, 6.45) is 8.76. The third-order valence-electron chi connectivity index (χ3n) is 3.16. The Labute approximate surface area is 123 Å². The van der Waals surface area contributed by atoms with E-state index >= 15 is 0 Å². The summed E-state index contributed by atoms with van der Waals surface area (Å²) in [5.74, 6) is 0.602. The van der Waals surface area contributed by atoms with Crippen LogP contribution in [0.3, 0.4) is 0 Å². The third kappa shape index (κ3) is 4.44. The maximum absolute atomic E-state index is 11.6. The molecule has 0 radical (unpaired) electrons. The van der Waals surface area contributed by atoms with E-state index in [4.69, 9.17) is 23.2 Å². The highest BCUT2D eigenvalue weighted by Crippen LogP contribution is 2.26. The summed E-state index contributed by atoms with van der Waals surface area (Å²) >= 11 is 11.7. The average Bonchev–Trinajstić information content (AvgIpc) is 2.87. The first-order valence-corrected chi connectivity index (χ1v) is 7.10. The predicted molar refractivity (Wildman–Crippen MR) is 79.7 cm³/mol. The highest BCUT2D eigenvalue weighted by molar-refractivity contribution is 6.42. The Morgan fingerprint density at radius 1 is 1.21 bits per heavy atom. The van der Waals surface area contributed by atoms with Crippen molar-refractivity contribution in [3.8, 4) is 0 Å². The van der Waals surface area contributed by atoms with Crippen LogP contribution in [0, 0.1) is 5.92 Å². The average molecular weight is 299 g/mol. The maximum atomic E-state index is 11.6. The summed E-state index contributed by atoms with van der Waals surface area (Å²) < 4.78 is 0. The number of hydrogen-bond acceptors (Lipinski definition) is 1. The van der Waals surface area contributed by atoms with Crippen LogP contribution < -0.4 is 10.6 Å². The molecule has 0 bridgehead atoms. The van der Waals surface area contributed by atoms with Crippen LogP contribution in [0.4, 0.5) is 10.5 Å². The normalized spacial score (nSPS) is 15.9. The topological polar surface area (TPSA) is 41.1 Å². The summed E-state index contributed by atoms with van der Waals surface area (Å²) in [7, 11) is 0. The van der Waals surface area contributed by atoms with Gasteiger partial charge in [0.1, 0.15) is 0 Å². The number of urea groups is 1. The fourth-order valence-electron chi connectivity index (χ4n) is 2.15. The van der Waals surface area contributed by atoms with Gasteiger partial charge in [0.25, 0.3) is 0 Å². The van der Waals surface area contributed by atoms with Gasteiger partial charge in [0.15, 0.2) is 0 Å². The van der Waals surface area contributed by atoms with Crippen molar-refractivity contribution in [2.45, 2.75) is 25.7 Å². The molecule has 1 fully saturated rings. The van der Waals surface area contributed by atoms with Crippen LogP contribution in [-0.4, -0.2) is 6.03 Å². The second-order valence-electron chi connectivity index (χ2n) is 4.63. The molecule has 1 aromatic carbocycles. The van der Waals surface area contributed by atoms with Crippen LogP contribution in [-0.2, 0) is 0 Å². The van der Waals surface area contributed by atoms with Crippen LogP contribution >= 0.6 is 23.2 Å². The molecule has 0 saturated heterocycles. The van der Waals surface area contributed by atoms with E-state index in [0.717, 1.165) is 0 Å². The van der Waals surface area contributed by atoms with E-state index in [9.17, 15) is 4.79 Å². The first kappa shape index (κ1) is 14.2. The molecule has 0 aliphatic heterocycles. The summed E-state index contributed by atoms with van der Waals surface area (Å²) in [6.45, 7) is 0. The molecule has 0 unspecified atom stereocenters. The summed E-state index contributed by atoms with van der Waals surface area (Å²) in [5, 5.41) is 6.26. The molecule has 3 nitrogen and oxygen atoms in total. The van der Waals surface area contributed by atoms with Crippen molar-refractivity contribution in [3.05, 3.63) is 40.5 Å². The van der Waals surface area contributed by atoms with Crippen LogP contribution in [0.1, 0.15) is 25.7 Å². The van der Waals surface area contributed by atoms with Crippen molar-refractivity contribution in [1.29, 1.82) is 0 Å². The predicted octanol–water partition coefficient (Wildman–Crippen LogP) is 4.82. The molecule has 5 heteroatoms. The molecule has 0 aromatic heterocycles. The Kier molecular flexibility index (Phi) is 5.11.